The number of allylic oxidation sites excluding steroid dienone is 6. The summed E-state index contributed by atoms with van der Waals surface area (Å²) < 4.78 is 7.17. The number of nitrogens with one attached hydrogen (secondary N) is 1. The molecule has 0 atom stereocenters. The Morgan fingerprint density at radius 1 is 1.22 bits per heavy atom. The van der Waals surface area contributed by atoms with Crippen LogP contribution < -0.4 is 10.5 Å². The number of morpholine rings is 1. The molecule has 3 aromatic heterocycles. The molecule has 4 rings (SSSR count). The van der Waals surface area contributed by atoms with E-state index < -0.39 is 0 Å². The molecule has 1 aliphatic heterocycles. The maximum absolute atomic E-state index is 12.7. The van der Waals surface area contributed by atoms with Crippen molar-refractivity contribution >= 4 is 16.7 Å². The molecule has 1 fully saturated rings. The number of hydrogen-bond acceptors (Lipinski definition) is 4. The van der Waals surface area contributed by atoms with Gasteiger partial charge in [0, 0.05) is 49.0 Å². The van der Waals surface area contributed by atoms with Gasteiger partial charge in [-0.05, 0) is 38.5 Å². The largest absolute Gasteiger partial charge is 0.378 e. The fourth-order valence-corrected chi connectivity index (χ4v) is 3.89. The SMILES string of the molecule is C\C=C(C)/C=C(C)\C=C\Cn1ccc(-c2c[nH]c3ncc(N4CCOCC4)cc23)cc1=O. The predicted molar refractivity (Wildman–Crippen MR) is 131 cm³/mol. The lowest BCUT2D eigenvalue weighted by molar-refractivity contribution is 0.122. The van der Waals surface area contributed by atoms with Gasteiger partial charge < -0.3 is 19.2 Å². The predicted octanol–water partition coefficient (Wildman–Crippen LogP) is 4.70. The van der Waals surface area contributed by atoms with Crippen LogP contribution in [0.25, 0.3) is 22.2 Å². The maximum Gasteiger partial charge on any atom is 0.251 e. The molecule has 0 spiro atoms. The van der Waals surface area contributed by atoms with Crippen molar-refractivity contribution in [3.63, 3.8) is 0 Å². The van der Waals surface area contributed by atoms with Crippen LogP contribution in [0.3, 0.4) is 0 Å². The quantitative estimate of drug-likeness (QED) is 0.576. The lowest BCUT2D eigenvalue weighted by Crippen LogP contribution is -2.36. The van der Waals surface area contributed by atoms with Gasteiger partial charge in [-0.25, -0.2) is 4.98 Å². The third-order valence-electron chi connectivity index (χ3n) is 5.79. The van der Waals surface area contributed by atoms with Gasteiger partial charge in [0.15, 0.2) is 0 Å². The van der Waals surface area contributed by atoms with Gasteiger partial charge in [0.1, 0.15) is 5.65 Å². The van der Waals surface area contributed by atoms with E-state index >= 15 is 0 Å². The highest BCUT2D eigenvalue weighted by Gasteiger charge is 2.14. The standard InChI is InChI=1S/C26H30N4O2/c1-4-19(2)14-20(3)6-5-8-30-9-7-21(15-25(30)31)24-18-28-26-23(24)16-22(17-27-26)29-10-12-32-13-11-29/h4-7,9,14-18H,8,10-13H2,1-3H3,(H,27,28)/b6-5+,19-4-,20-14-. The van der Waals surface area contributed by atoms with Crippen molar-refractivity contribution in [3.8, 4) is 11.1 Å². The molecule has 0 aliphatic carbocycles. The summed E-state index contributed by atoms with van der Waals surface area (Å²) in [6.07, 6.45) is 13.9. The van der Waals surface area contributed by atoms with E-state index in [1.54, 1.807) is 10.6 Å². The number of ether oxygens (including phenoxy) is 1. The molecule has 1 aliphatic rings. The second kappa shape index (κ2) is 9.83. The Labute approximate surface area is 188 Å². The minimum absolute atomic E-state index is 0.0231. The number of hydrogen-bond donors (Lipinski definition) is 1. The summed E-state index contributed by atoms with van der Waals surface area (Å²) in [6.45, 7) is 9.88. The lowest BCUT2D eigenvalue weighted by atomic mass is 10.1. The molecule has 166 valence electrons. The van der Waals surface area contributed by atoms with Gasteiger partial charge in [-0.3, -0.25) is 4.79 Å². The van der Waals surface area contributed by atoms with E-state index in [1.807, 2.05) is 43.7 Å². The average molecular weight is 431 g/mol. The molecule has 0 amide bonds. The summed E-state index contributed by atoms with van der Waals surface area (Å²) in [5.41, 5.74) is 6.14. The number of pyridine rings is 2. The molecule has 0 radical (unpaired) electrons. The van der Waals surface area contributed by atoms with Gasteiger partial charge in [0.25, 0.3) is 5.56 Å². The minimum atomic E-state index is -0.0231. The van der Waals surface area contributed by atoms with Crippen molar-refractivity contribution < 1.29 is 4.74 Å². The van der Waals surface area contributed by atoms with Crippen LogP contribution >= 0.6 is 0 Å². The molecule has 6 nitrogen and oxygen atoms in total. The number of H-pyrrole nitrogens is 1. The highest BCUT2D eigenvalue weighted by Crippen LogP contribution is 2.30. The second-order valence-corrected chi connectivity index (χ2v) is 8.12. The van der Waals surface area contributed by atoms with E-state index in [9.17, 15) is 4.79 Å². The summed E-state index contributed by atoms with van der Waals surface area (Å²) in [4.78, 5) is 22.8. The van der Waals surface area contributed by atoms with Crippen molar-refractivity contribution in [1.29, 1.82) is 0 Å². The number of aromatic nitrogens is 3. The third-order valence-corrected chi connectivity index (χ3v) is 5.79. The highest BCUT2D eigenvalue weighted by molar-refractivity contribution is 5.95. The smallest absolute Gasteiger partial charge is 0.251 e. The lowest BCUT2D eigenvalue weighted by Gasteiger charge is -2.28. The molecule has 32 heavy (non-hydrogen) atoms. The Kier molecular flexibility index (Phi) is 6.71. The maximum atomic E-state index is 12.7. The summed E-state index contributed by atoms with van der Waals surface area (Å²) in [5.74, 6) is 0. The molecule has 3 aromatic rings. The molecule has 6 heteroatoms. The van der Waals surface area contributed by atoms with Crippen LogP contribution in [0.2, 0.25) is 0 Å². The first kappa shape index (κ1) is 21.8. The van der Waals surface area contributed by atoms with Crippen molar-refractivity contribution in [2.45, 2.75) is 27.3 Å². The van der Waals surface area contributed by atoms with E-state index in [2.05, 4.69) is 46.9 Å². The molecule has 0 unspecified atom stereocenters. The summed E-state index contributed by atoms with van der Waals surface area (Å²) in [5, 5.41) is 1.02. The van der Waals surface area contributed by atoms with Gasteiger partial charge in [-0.15, -0.1) is 0 Å². The second-order valence-electron chi connectivity index (χ2n) is 8.12. The molecular formula is C26H30N4O2. The minimum Gasteiger partial charge on any atom is -0.378 e. The highest BCUT2D eigenvalue weighted by atomic mass is 16.5. The molecule has 0 saturated carbocycles. The van der Waals surface area contributed by atoms with E-state index in [-0.39, 0.29) is 5.56 Å². The van der Waals surface area contributed by atoms with Gasteiger partial charge in [0.05, 0.1) is 25.1 Å². The normalized spacial score (nSPS) is 15.8. The summed E-state index contributed by atoms with van der Waals surface area (Å²) in [7, 11) is 0. The number of fused-ring (bicyclic) bond motifs is 1. The zero-order chi connectivity index (χ0) is 22.5. The van der Waals surface area contributed by atoms with Crippen LogP contribution in [0.5, 0.6) is 0 Å². The number of anilines is 1. The van der Waals surface area contributed by atoms with E-state index in [0.717, 1.165) is 59.7 Å². The fourth-order valence-electron chi connectivity index (χ4n) is 3.89. The molecule has 1 saturated heterocycles. The van der Waals surface area contributed by atoms with Crippen LogP contribution in [0.15, 0.2) is 77.0 Å². The summed E-state index contributed by atoms with van der Waals surface area (Å²) >= 11 is 0. The van der Waals surface area contributed by atoms with Crippen LogP contribution in [-0.2, 0) is 11.3 Å². The number of rotatable bonds is 6. The molecule has 1 N–H and O–H groups in total. The Morgan fingerprint density at radius 2 is 2.03 bits per heavy atom. The average Bonchev–Trinajstić information content (AvgIpc) is 3.24. The van der Waals surface area contributed by atoms with Gasteiger partial charge in [-0.1, -0.05) is 35.5 Å². The molecule has 4 heterocycles. The monoisotopic (exact) mass is 430 g/mol. The van der Waals surface area contributed by atoms with Crippen molar-refractivity contribution in [3.05, 3.63) is 82.6 Å². The van der Waals surface area contributed by atoms with E-state index in [1.165, 1.54) is 5.57 Å². The first-order valence-corrected chi connectivity index (χ1v) is 11.0. The van der Waals surface area contributed by atoms with Crippen molar-refractivity contribution in [1.82, 2.24) is 14.5 Å². The first-order valence-electron chi connectivity index (χ1n) is 11.0. The van der Waals surface area contributed by atoms with E-state index in [0.29, 0.717) is 6.54 Å². The van der Waals surface area contributed by atoms with Crippen LogP contribution in [0, 0.1) is 0 Å². The third kappa shape index (κ3) is 4.92. The fraction of sp³-hybridized carbons (Fsp3) is 0.308. The zero-order valence-corrected chi connectivity index (χ0v) is 19.0. The van der Waals surface area contributed by atoms with Crippen LogP contribution in [-0.4, -0.2) is 40.8 Å². The van der Waals surface area contributed by atoms with Gasteiger partial charge >= 0.3 is 0 Å². The molecule has 0 aromatic carbocycles. The number of aromatic amines is 1. The molecule has 0 bridgehead atoms. The Balaban J connectivity index is 1.56. The van der Waals surface area contributed by atoms with Crippen molar-refractivity contribution in [2.24, 2.45) is 0 Å². The summed E-state index contributed by atoms with van der Waals surface area (Å²) in [6, 6.07) is 5.84. The topological polar surface area (TPSA) is 63.1 Å². The van der Waals surface area contributed by atoms with Gasteiger partial charge in [0.2, 0.25) is 0 Å². The first-order chi connectivity index (χ1) is 15.5. The number of nitrogens with zero attached hydrogens (tertiary/aromatic N) is 3. The Hall–Kier alpha value is -3.38. The van der Waals surface area contributed by atoms with Crippen LogP contribution in [0.1, 0.15) is 20.8 Å². The van der Waals surface area contributed by atoms with Crippen LogP contribution in [0.4, 0.5) is 5.69 Å². The Bertz CT molecular complexity index is 1240. The molecular weight excluding hydrogens is 400 g/mol. The van der Waals surface area contributed by atoms with Gasteiger partial charge in [-0.2, -0.15) is 0 Å². The Morgan fingerprint density at radius 3 is 2.78 bits per heavy atom. The zero-order valence-electron chi connectivity index (χ0n) is 19.0. The van der Waals surface area contributed by atoms with E-state index in [4.69, 9.17) is 4.74 Å². The van der Waals surface area contributed by atoms with Crippen molar-refractivity contribution in [2.75, 3.05) is 31.2 Å².